The highest BCUT2D eigenvalue weighted by Crippen LogP contribution is 2.31. The lowest BCUT2D eigenvalue weighted by molar-refractivity contribution is -0.122. The van der Waals surface area contributed by atoms with Gasteiger partial charge in [0, 0.05) is 18.9 Å². The normalized spacial score (nSPS) is 12.6. The van der Waals surface area contributed by atoms with Crippen molar-refractivity contribution in [3.63, 3.8) is 0 Å². The maximum absolute atomic E-state index is 12.7. The van der Waals surface area contributed by atoms with Gasteiger partial charge in [0.2, 0.25) is 11.8 Å². The number of carbonyl (C=O) groups is 3. The Bertz CT molecular complexity index is 929. The van der Waals surface area contributed by atoms with Crippen molar-refractivity contribution in [2.24, 2.45) is 0 Å². The summed E-state index contributed by atoms with van der Waals surface area (Å²) >= 11 is 0. The summed E-state index contributed by atoms with van der Waals surface area (Å²) in [5, 5.41) is 8.22. The molecule has 0 fully saturated rings. The van der Waals surface area contributed by atoms with E-state index in [2.05, 4.69) is 16.0 Å². The summed E-state index contributed by atoms with van der Waals surface area (Å²) in [6.45, 7) is 4.59. The van der Waals surface area contributed by atoms with E-state index in [0.717, 1.165) is 5.69 Å². The summed E-state index contributed by atoms with van der Waals surface area (Å²) in [6, 6.07) is 13.9. The first-order valence-electron chi connectivity index (χ1n) is 9.92. The molecule has 1 heterocycles. The van der Waals surface area contributed by atoms with Crippen molar-refractivity contribution in [3.05, 3.63) is 48.5 Å². The van der Waals surface area contributed by atoms with E-state index in [4.69, 9.17) is 4.74 Å². The molecule has 8 heteroatoms. The molecule has 8 nitrogen and oxygen atoms in total. The molecule has 0 saturated carbocycles. The van der Waals surface area contributed by atoms with Crippen molar-refractivity contribution in [3.8, 4) is 5.75 Å². The Morgan fingerprint density at radius 1 is 0.967 bits per heavy atom. The summed E-state index contributed by atoms with van der Waals surface area (Å²) in [5.41, 5.74) is 1.68. The number of urea groups is 1. The minimum Gasteiger partial charge on any atom is -0.490 e. The third-order valence-electron chi connectivity index (χ3n) is 4.46. The van der Waals surface area contributed by atoms with Crippen LogP contribution in [0.3, 0.4) is 0 Å². The number of hydrogen-bond acceptors (Lipinski definition) is 4. The van der Waals surface area contributed by atoms with Crippen LogP contribution < -0.4 is 25.6 Å². The van der Waals surface area contributed by atoms with Gasteiger partial charge in [-0.05, 0) is 38.1 Å². The van der Waals surface area contributed by atoms with Crippen LogP contribution in [0, 0.1) is 0 Å². The monoisotopic (exact) mass is 410 g/mol. The average molecular weight is 410 g/mol. The van der Waals surface area contributed by atoms with E-state index in [-0.39, 0.29) is 36.7 Å². The van der Waals surface area contributed by atoms with E-state index in [9.17, 15) is 14.4 Å². The van der Waals surface area contributed by atoms with Gasteiger partial charge in [-0.1, -0.05) is 24.3 Å². The highest BCUT2D eigenvalue weighted by Gasteiger charge is 2.23. The predicted octanol–water partition coefficient (Wildman–Crippen LogP) is 3.36. The number of para-hydroxylation sites is 4. The van der Waals surface area contributed by atoms with Crippen LogP contribution in [0.1, 0.15) is 26.7 Å². The van der Waals surface area contributed by atoms with Crippen LogP contribution >= 0.6 is 0 Å². The van der Waals surface area contributed by atoms with Gasteiger partial charge in [-0.2, -0.15) is 0 Å². The predicted molar refractivity (Wildman–Crippen MR) is 116 cm³/mol. The minimum atomic E-state index is -0.354. The molecule has 1 aliphatic rings. The molecule has 0 atom stereocenters. The van der Waals surface area contributed by atoms with Gasteiger partial charge in [0.1, 0.15) is 12.4 Å². The second kappa shape index (κ2) is 9.78. The van der Waals surface area contributed by atoms with Gasteiger partial charge in [-0.15, -0.1) is 0 Å². The topological polar surface area (TPSA) is 99.8 Å². The fraction of sp³-hybridized carbons (Fsp3) is 0.318. The largest absolute Gasteiger partial charge is 0.490 e. The molecule has 30 heavy (non-hydrogen) atoms. The first-order chi connectivity index (χ1) is 14.4. The van der Waals surface area contributed by atoms with Gasteiger partial charge in [-0.25, -0.2) is 4.79 Å². The molecule has 0 spiro atoms. The van der Waals surface area contributed by atoms with Crippen molar-refractivity contribution in [2.45, 2.75) is 32.7 Å². The number of carbonyl (C=O) groups excluding carboxylic acids is 3. The van der Waals surface area contributed by atoms with Crippen LogP contribution in [-0.2, 0) is 9.59 Å². The second-order valence-corrected chi connectivity index (χ2v) is 7.21. The third kappa shape index (κ3) is 5.50. The molecule has 3 N–H and O–H groups in total. The maximum Gasteiger partial charge on any atom is 0.319 e. The van der Waals surface area contributed by atoms with Crippen LogP contribution in [0.5, 0.6) is 5.75 Å². The van der Waals surface area contributed by atoms with Crippen molar-refractivity contribution in [1.29, 1.82) is 0 Å². The van der Waals surface area contributed by atoms with E-state index >= 15 is 0 Å². The first-order valence-corrected chi connectivity index (χ1v) is 9.92. The molecule has 0 aliphatic carbocycles. The number of rotatable bonds is 6. The van der Waals surface area contributed by atoms with E-state index in [1.54, 1.807) is 29.2 Å². The van der Waals surface area contributed by atoms with Crippen molar-refractivity contribution in [1.82, 2.24) is 5.32 Å². The number of amides is 4. The standard InChI is InChI=1S/C22H26N4O4/c1-15(2)23-22(29)25-17-8-4-3-7-16(17)24-20(27)11-12-21(28)26-13-14-30-19-10-6-5-9-18(19)26/h3-10,15H,11-14H2,1-2H3,(H,24,27)(H2,23,25,29). The Morgan fingerprint density at radius 3 is 2.37 bits per heavy atom. The van der Waals surface area contributed by atoms with Crippen LogP contribution in [0.2, 0.25) is 0 Å². The average Bonchev–Trinajstić information content (AvgIpc) is 2.72. The summed E-state index contributed by atoms with van der Waals surface area (Å²) in [4.78, 5) is 38.7. The lowest BCUT2D eigenvalue weighted by Gasteiger charge is -2.29. The second-order valence-electron chi connectivity index (χ2n) is 7.21. The van der Waals surface area contributed by atoms with Crippen molar-refractivity contribution < 1.29 is 19.1 Å². The fourth-order valence-electron chi connectivity index (χ4n) is 3.12. The summed E-state index contributed by atoms with van der Waals surface area (Å²) in [6.07, 6.45) is 0.106. The molecule has 0 unspecified atom stereocenters. The molecular formula is C22H26N4O4. The molecule has 1 aliphatic heterocycles. The first kappa shape index (κ1) is 21.2. The van der Waals surface area contributed by atoms with Crippen molar-refractivity contribution >= 4 is 34.9 Å². The smallest absolute Gasteiger partial charge is 0.319 e. The zero-order valence-corrected chi connectivity index (χ0v) is 17.1. The van der Waals surface area contributed by atoms with E-state index in [0.29, 0.717) is 30.3 Å². The molecule has 2 aromatic rings. The lowest BCUT2D eigenvalue weighted by Crippen LogP contribution is -2.38. The number of fused-ring (bicyclic) bond motifs is 1. The van der Waals surface area contributed by atoms with Gasteiger partial charge in [0.15, 0.2) is 0 Å². The molecule has 2 aromatic carbocycles. The zero-order chi connectivity index (χ0) is 21.5. The number of hydrogen-bond donors (Lipinski definition) is 3. The summed E-state index contributed by atoms with van der Waals surface area (Å²) in [7, 11) is 0. The Kier molecular flexibility index (Phi) is 6.90. The Hall–Kier alpha value is -3.55. The maximum atomic E-state index is 12.7. The van der Waals surface area contributed by atoms with Gasteiger partial charge in [-0.3, -0.25) is 9.59 Å². The Labute approximate surface area is 175 Å². The SMILES string of the molecule is CC(C)NC(=O)Nc1ccccc1NC(=O)CCC(=O)N1CCOc2ccccc21. The van der Waals surface area contributed by atoms with Crippen molar-refractivity contribution in [2.75, 3.05) is 28.7 Å². The highest BCUT2D eigenvalue weighted by atomic mass is 16.5. The Morgan fingerprint density at radius 2 is 1.63 bits per heavy atom. The van der Waals surface area contributed by atoms with Crippen LogP contribution in [0.25, 0.3) is 0 Å². The molecule has 0 aromatic heterocycles. The number of benzene rings is 2. The van der Waals surface area contributed by atoms with E-state index in [1.807, 2.05) is 38.1 Å². The number of ether oxygens (including phenoxy) is 1. The zero-order valence-electron chi connectivity index (χ0n) is 17.1. The van der Waals surface area contributed by atoms with E-state index < -0.39 is 0 Å². The molecule has 4 amide bonds. The molecule has 0 saturated heterocycles. The van der Waals surface area contributed by atoms with Gasteiger partial charge >= 0.3 is 6.03 Å². The van der Waals surface area contributed by atoms with Crippen LogP contribution in [-0.4, -0.2) is 37.0 Å². The van der Waals surface area contributed by atoms with E-state index in [1.165, 1.54) is 0 Å². The molecule has 0 bridgehead atoms. The quantitative estimate of drug-likeness (QED) is 0.680. The summed E-state index contributed by atoms with van der Waals surface area (Å²) in [5.74, 6) is 0.230. The van der Waals surface area contributed by atoms with Crippen LogP contribution in [0.4, 0.5) is 21.9 Å². The lowest BCUT2D eigenvalue weighted by atomic mass is 10.2. The molecule has 3 rings (SSSR count). The molecule has 158 valence electrons. The molecule has 0 radical (unpaired) electrons. The number of nitrogens with one attached hydrogen (secondary N) is 3. The minimum absolute atomic E-state index is 0.0110. The van der Waals surface area contributed by atoms with Crippen LogP contribution in [0.15, 0.2) is 48.5 Å². The van der Waals surface area contributed by atoms with Gasteiger partial charge in [0.25, 0.3) is 0 Å². The molecular weight excluding hydrogens is 384 g/mol. The van der Waals surface area contributed by atoms with Gasteiger partial charge in [0.05, 0.1) is 23.6 Å². The Balaban J connectivity index is 1.57. The fourth-order valence-corrected chi connectivity index (χ4v) is 3.12. The number of nitrogens with zero attached hydrogens (tertiary/aromatic N) is 1. The number of anilines is 3. The highest BCUT2D eigenvalue weighted by molar-refractivity contribution is 6.01. The summed E-state index contributed by atoms with van der Waals surface area (Å²) < 4.78 is 5.56. The third-order valence-corrected chi connectivity index (χ3v) is 4.46. The van der Waals surface area contributed by atoms with Gasteiger partial charge < -0.3 is 25.6 Å².